The number of carbonyl (C=O) groups excluding carboxylic acids is 1. The number of aromatic amines is 1. The Morgan fingerprint density at radius 2 is 2.05 bits per heavy atom. The van der Waals surface area contributed by atoms with Gasteiger partial charge in [-0.2, -0.15) is 5.10 Å². The Bertz CT molecular complexity index is 680. The van der Waals surface area contributed by atoms with E-state index in [2.05, 4.69) is 15.5 Å². The van der Waals surface area contributed by atoms with Crippen LogP contribution in [0.3, 0.4) is 0 Å². The van der Waals surface area contributed by atoms with E-state index in [4.69, 9.17) is 0 Å². The third kappa shape index (κ3) is 3.05. The number of halogens is 2. The van der Waals surface area contributed by atoms with Gasteiger partial charge in [0, 0.05) is 17.7 Å². The second kappa shape index (κ2) is 5.60. The van der Waals surface area contributed by atoms with Gasteiger partial charge in [-0.15, -0.1) is 0 Å². The maximum Gasteiger partial charge on any atom is 0.272 e. The molecular weight excluding hydrogens is 268 g/mol. The lowest BCUT2D eigenvalue weighted by Crippen LogP contribution is -2.29. The van der Waals surface area contributed by atoms with Crippen molar-refractivity contribution in [3.63, 3.8) is 0 Å². The van der Waals surface area contributed by atoms with E-state index in [9.17, 15) is 18.4 Å². The van der Waals surface area contributed by atoms with Gasteiger partial charge in [0.05, 0.1) is 6.04 Å². The van der Waals surface area contributed by atoms with Gasteiger partial charge in [-0.3, -0.25) is 9.59 Å². The molecule has 1 aromatic heterocycles. The monoisotopic (exact) mass is 279 g/mol. The molecule has 5 nitrogen and oxygen atoms in total. The normalized spacial score (nSPS) is 11.9. The van der Waals surface area contributed by atoms with Crippen LogP contribution in [0.15, 0.2) is 35.1 Å². The van der Waals surface area contributed by atoms with E-state index in [0.717, 1.165) is 18.2 Å². The molecule has 0 fully saturated rings. The number of benzene rings is 1. The fourth-order valence-corrected chi connectivity index (χ4v) is 1.67. The van der Waals surface area contributed by atoms with Gasteiger partial charge in [-0.05, 0) is 19.1 Å². The van der Waals surface area contributed by atoms with E-state index in [1.165, 1.54) is 12.1 Å². The van der Waals surface area contributed by atoms with Crippen LogP contribution in [0.25, 0.3) is 0 Å². The van der Waals surface area contributed by atoms with Crippen LogP contribution in [-0.4, -0.2) is 16.1 Å². The summed E-state index contributed by atoms with van der Waals surface area (Å²) >= 11 is 0. The minimum absolute atomic E-state index is 0.000954. The highest BCUT2D eigenvalue weighted by Gasteiger charge is 2.16. The second-order valence-corrected chi connectivity index (χ2v) is 4.17. The Balaban J connectivity index is 2.14. The largest absolute Gasteiger partial charge is 0.344 e. The first-order valence-electron chi connectivity index (χ1n) is 5.79. The highest BCUT2D eigenvalue weighted by atomic mass is 19.1. The molecule has 2 aromatic rings. The number of H-pyrrole nitrogens is 1. The smallest absolute Gasteiger partial charge is 0.272 e. The molecule has 1 atom stereocenters. The maximum atomic E-state index is 13.6. The molecule has 0 bridgehead atoms. The molecule has 7 heteroatoms. The van der Waals surface area contributed by atoms with Crippen molar-refractivity contribution >= 4 is 5.91 Å². The molecule has 1 heterocycles. The Labute approximate surface area is 112 Å². The van der Waals surface area contributed by atoms with Crippen molar-refractivity contribution in [2.45, 2.75) is 13.0 Å². The van der Waals surface area contributed by atoms with E-state index in [1.54, 1.807) is 6.92 Å². The SMILES string of the molecule is CC(NC(=O)c1ccc(=O)[nH]n1)c1ccc(F)cc1F. The van der Waals surface area contributed by atoms with Gasteiger partial charge in [0.1, 0.15) is 17.3 Å². The zero-order valence-electron chi connectivity index (χ0n) is 10.5. The molecule has 0 radical (unpaired) electrons. The number of hydrogen-bond acceptors (Lipinski definition) is 3. The van der Waals surface area contributed by atoms with Crippen LogP contribution in [0.4, 0.5) is 8.78 Å². The number of nitrogens with zero attached hydrogens (tertiary/aromatic N) is 1. The number of nitrogens with one attached hydrogen (secondary N) is 2. The molecular formula is C13H11F2N3O2. The van der Waals surface area contributed by atoms with Crippen LogP contribution in [0.2, 0.25) is 0 Å². The number of carbonyl (C=O) groups is 1. The van der Waals surface area contributed by atoms with Crippen LogP contribution >= 0.6 is 0 Å². The fourth-order valence-electron chi connectivity index (χ4n) is 1.67. The summed E-state index contributed by atoms with van der Waals surface area (Å²) in [5.74, 6) is -2.00. The van der Waals surface area contributed by atoms with Crippen LogP contribution in [0, 0.1) is 11.6 Å². The van der Waals surface area contributed by atoms with E-state index in [0.29, 0.717) is 0 Å². The Morgan fingerprint density at radius 3 is 2.65 bits per heavy atom. The van der Waals surface area contributed by atoms with Crippen LogP contribution in [0.1, 0.15) is 29.0 Å². The fraction of sp³-hybridized carbons (Fsp3) is 0.154. The molecule has 0 spiro atoms. The molecule has 0 aliphatic carbocycles. The molecule has 20 heavy (non-hydrogen) atoms. The average molecular weight is 279 g/mol. The second-order valence-electron chi connectivity index (χ2n) is 4.17. The summed E-state index contributed by atoms with van der Waals surface area (Å²) < 4.78 is 26.4. The molecule has 1 unspecified atom stereocenters. The van der Waals surface area contributed by atoms with Gasteiger partial charge >= 0.3 is 0 Å². The lowest BCUT2D eigenvalue weighted by atomic mass is 10.1. The molecule has 1 aromatic carbocycles. The Kier molecular flexibility index (Phi) is 3.88. The Morgan fingerprint density at radius 1 is 1.30 bits per heavy atom. The first-order chi connectivity index (χ1) is 9.47. The summed E-state index contributed by atoms with van der Waals surface area (Å²) in [6.07, 6.45) is 0. The van der Waals surface area contributed by atoms with E-state index >= 15 is 0 Å². The Hall–Kier alpha value is -2.57. The van der Waals surface area contributed by atoms with Crippen LogP contribution in [-0.2, 0) is 0 Å². The van der Waals surface area contributed by atoms with E-state index in [-0.39, 0.29) is 11.3 Å². The van der Waals surface area contributed by atoms with Gasteiger partial charge in [-0.25, -0.2) is 13.9 Å². The third-order valence-electron chi connectivity index (χ3n) is 2.69. The van der Waals surface area contributed by atoms with Gasteiger partial charge in [0.15, 0.2) is 0 Å². The number of hydrogen-bond donors (Lipinski definition) is 2. The summed E-state index contributed by atoms with van der Waals surface area (Å²) in [4.78, 5) is 22.7. The van der Waals surface area contributed by atoms with Crippen LogP contribution < -0.4 is 10.9 Å². The maximum absolute atomic E-state index is 13.6. The third-order valence-corrected chi connectivity index (χ3v) is 2.69. The summed E-state index contributed by atoms with van der Waals surface area (Å²) in [6, 6.07) is 4.86. The molecule has 0 saturated heterocycles. The van der Waals surface area contributed by atoms with E-state index in [1.807, 2.05) is 0 Å². The summed E-state index contributed by atoms with van der Waals surface area (Å²) in [5, 5.41) is 8.19. The van der Waals surface area contributed by atoms with Crippen molar-refractivity contribution in [2.75, 3.05) is 0 Å². The molecule has 0 aliphatic heterocycles. The minimum Gasteiger partial charge on any atom is -0.344 e. The van der Waals surface area contributed by atoms with Crippen molar-refractivity contribution in [3.05, 3.63) is 63.6 Å². The predicted molar refractivity (Wildman–Crippen MR) is 67.1 cm³/mol. The molecule has 0 aliphatic rings. The molecule has 2 N–H and O–H groups in total. The van der Waals surface area contributed by atoms with Crippen molar-refractivity contribution < 1.29 is 13.6 Å². The van der Waals surface area contributed by atoms with Crippen molar-refractivity contribution in [1.82, 2.24) is 15.5 Å². The van der Waals surface area contributed by atoms with Gasteiger partial charge < -0.3 is 5.32 Å². The zero-order valence-corrected chi connectivity index (χ0v) is 10.5. The molecule has 104 valence electrons. The quantitative estimate of drug-likeness (QED) is 0.895. The number of rotatable bonds is 3. The summed E-state index contributed by atoms with van der Waals surface area (Å²) in [7, 11) is 0. The first kappa shape index (κ1) is 13.9. The number of amides is 1. The van der Waals surface area contributed by atoms with Crippen molar-refractivity contribution in [3.8, 4) is 0 Å². The average Bonchev–Trinajstić information content (AvgIpc) is 2.39. The van der Waals surface area contributed by atoms with Gasteiger partial charge in [-0.1, -0.05) is 6.07 Å². The first-order valence-corrected chi connectivity index (χ1v) is 5.79. The highest BCUT2D eigenvalue weighted by Crippen LogP contribution is 2.17. The predicted octanol–water partition coefficient (Wildman–Crippen LogP) is 1.54. The lowest BCUT2D eigenvalue weighted by Gasteiger charge is -2.14. The lowest BCUT2D eigenvalue weighted by molar-refractivity contribution is 0.0933. The molecule has 1 amide bonds. The zero-order chi connectivity index (χ0) is 14.7. The van der Waals surface area contributed by atoms with E-state index < -0.39 is 29.1 Å². The molecule has 0 saturated carbocycles. The topological polar surface area (TPSA) is 74.8 Å². The molecule has 2 rings (SSSR count). The van der Waals surface area contributed by atoms with Crippen LogP contribution in [0.5, 0.6) is 0 Å². The minimum atomic E-state index is -0.743. The number of aromatic nitrogens is 2. The van der Waals surface area contributed by atoms with Crippen molar-refractivity contribution in [1.29, 1.82) is 0 Å². The van der Waals surface area contributed by atoms with Gasteiger partial charge in [0.25, 0.3) is 11.5 Å². The highest BCUT2D eigenvalue weighted by molar-refractivity contribution is 5.92. The van der Waals surface area contributed by atoms with Crippen molar-refractivity contribution in [2.24, 2.45) is 0 Å². The standard InChI is InChI=1S/C13H11F2N3O2/c1-7(9-3-2-8(14)6-10(9)15)16-13(20)11-4-5-12(19)18-17-11/h2-7H,1H3,(H,16,20)(H,18,19). The summed E-state index contributed by atoms with van der Waals surface area (Å²) in [6.45, 7) is 1.56. The summed E-state index contributed by atoms with van der Waals surface area (Å²) in [5.41, 5.74) is -0.276. The van der Waals surface area contributed by atoms with Gasteiger partial charge in [0.2, 0.25) is 0 Å².